The van der Waals surface area contributed by atoms with Gasteiger partial charge in [-0.3, -0.25) is 9.59 Å². The number of pyridine rings is 1. The molecule has 2 aromatic rings. The molecule has 1 atom stereocenters. The number of carbonyl (C=O) groups excluding carboxylic acids is 2. The molecule has 0 saturated carbocycles. The number of ether oxygens (including phenoxy) is 1. The molecule has 1 aliphatic heterocycles. The molecular weight excluding hydrogens is 380 g/mol. The van der Waals surface area contributed by atoms with E-state index in [0.29, 0.717) is 31.0 Å². The molecule has 6 nitrogen and oxygen atoms in total. The molecule has 0 bridgehead atoms. The van der Waals surface area contributed by atoms with E-state index in [0.717, 1.165) is 11.6 Å². The van der Waals surface area contributed by atoms with E-state index in [9.17, 15) is 18.4 Å². The van der Waals surface area contributed by atoms with Gasteiger partial charge in [0, 0.05) is 12.7 Å². The Morgan fingerprint density at radius 1 is 1.34 bits per heavy atom. The maximum atomic E-state index is 13.9. The Morgan fingerprint density at radius 3 is 2.86 bits per heavy atom. The van der Waals surface area contributed by atoms with Gasteiger partial charge in [-0.15, -0.1) is 0 Å². The lowest BCUT2D eigenvalue weighted by Crippen LogP contribution is -2.34. The molecule has 8 heteroatoms. The Labute approximate surface area is 167 Å². The number of halogens is 2. The summed E-state index contributed by atoms with van der Waals surface area (Å²) in [5.74, 6) is -2.13. The summed E-state index contributed by atoms with van der Waals surface area (Å²) in [6.07, 6.45) is 2.42. The van der Waals surface area contributed by atoms with Crippen molar-refractivity contribution < 1.29 is 23.1 Å². The third-order valence-electron chi connectivity index (χ3n) is 4.81. The lowest BCUT2D eigenvalue weighted by molar-refractivity contribution is -0.149. The van der Waals surface area contributed by atoms with Crippen LogP contribution in [0.5, 0.6) is 0 Å². The van der Waals surface area contributed by atoms with Crippen LogP contribution in [-0.4, -0.2) is 30.0 Å². The van der Waals surface area contributed by atoms with Crippen LogP contribution in [0.4, 0.5) is 20.3 Å². The standard InChI is InChI=1S/C21H23F2N3O3/c1-12(2)14-9-18(26-17-5-3-4-16(22)20(17)23)24-11-15(14)21(28)25-10-13-6-7-29-19(27)8-13/h3-5,9,11-13H,6-8,10H2,1-2H3,(H,24,26)(H,25,28). The van der Waals surface area contributed by atoms with Crippen LogP contribution in [0.1, 0.15) is 48.5 Å². The van der Waals surface area contributed by atoms with Crippen molar-refractivity contribution in [3.63, 3.8) is 0 Å². The first-order valence-corrected chi connectivity index (χ1v) is 9.50. The van der Waals surface area contributed by atoms with Gasteiger partial charge in [-0.05, 0) is 42.0 Å². The quantitative estimate of drug-likeness (QED) is 0.715. The molecular formula is C21H23F2N3O3. The summed E-state index contributed by atoms with van der Waals surface area (Å²) in [6.45, 7) is 4.60. The topological polar surface area (TPSA) is 80.3 Å². The summed E-state index contributed by atoms with van der Waals surface area (Å²) in [5, 5.41) is 5.61. The summed E-state index contributed by atoms with van der Waals surface area (Å²) in [5.41, 5.74) is 1.09. The minimum absolute atomic E-state index is 0.00122. The maximum absolute atomic E-state index is 13.9. The number of benzene rings is 1. The van der Waals surface area contributed by atoms with Crippen molar-refractivity contribution in [1.82, 2.24) is 10.3 Å². The van der Waals surface area contributed by atoms with Gasteiger partial charge in [0.1, 0.15) is 5.82 Å². The van der Waals surface area contributed by atoms with Crippen molar-refractivity contribution in [2.24, 2.45) is 5.92 Å². The van der Waals surface area contributed by atoms with E-state index < -0.39 is 11.6 Å². The first-order chi connectivity index (χ1) is 13.8. The van der Waals surface area contributed by atoms with E-state index >= 15 is 0 Å². The molecule has 1 aliphatic rings. The number of hydrogen-bond acceptors (Lipinski definition) is 5. The van der Waals surface area contributed by atoms with Gasteiger partial charge in [0.15, 0.2) is 11.6 Å². The molecule has 29 heavy (non-hydrogen) atoms. The Bertz CT molecular complexity index is 918. The minimum atomic E-state index is -0.992. The fourth-order valence-corrected chi connectivity index (χ4v) is 3.19. The summed E-state index contributed by atoms with van der Waals surface area (Å²) in [7, 11) is 0. The van der Waals surface area contributed by atoms with Crippen molar-refractivity contribution in [2.45, 2.75) is 32.6 Å². The van der Waals surface area contributed by atoms with E-state index in [4.69, 9.17) is 4.74 Å². The van der Waals surface area contributed by atoms with E-state index in [1.807, 2.05) is 13.8 Å². The SMILES string of the molecule is CC(C)c1cc(Nc2cccc(F)c2F)ncc1C(=O)NCC1CCOC(=O)C1. The maximum Gasteiger partial charge on any atom is 0.306 e. The molecule has 1 aromatic carbocycles. The van der Waals surface area contributed by atoms with E-state index in [2.05, 4.69) is 15.6 Å². The first kappa shape index (κ1) is 20.7. The molecule has 1 amide bonds. The van der Waals surface area contributed by atoms with Gasteiger partial charge in [0.05, 0.1) is 24.3 Å². The van der Waals surface area contributed by atoms with Gasteiger partial charge in [-0.1, -0.05) is 19.9 Å². The third kappa shape index (κ3) is 5.07. The fraction of sp³-hybridized carbons (Fsp3) is 0.381. The van der Waals surface area contributed by atoms with Crippen LogP contribution >= 0.6 is 0 Å². The second-order valence-corrected chi connectivity index (χ2v) is 7.33. The second-order valence-electron chi connectivity index (χ2n) is 7.33. The summed E-state index contributed by atoms with van der Waals surface area (Å²) < 4.78 is 32.2. The molecule has 0 radical (unpaired) electrons. The van der Waals surface area contributed by atoms with Crippen molar-refractivity contribution in [2.75, 3.05) is 18.5 Å². The molecule has 2 heterocycles. The number of aromatic nitrogens is 1. The second kappa shape index (κ2) is 8.98. The van der Waals surface area contributed by atoms with Crippen LogP contribution in [0, 0.1) is 17.6 Å². The van der Waals surface area contributed by atoms with Crippen LogP contribution in [-0.2, 0) is 9.53 Å². The number of anilines is 2. The van der Waals surface area contributed by atoms with E-state index in [-0.39, 0.29) is 35.8 Å². The molecule has 3 rings (SSSR count). The van der Waals surface area contributed by atoms with Crippen LogP contribution < -0.4 is 10.6 Å². The Hall–Kier alpha value is -3.03. The van der Waals surface area contributed by atoms with Gasteiger partial charge in [-0.2, -0.15) is 0 Å². The number of cyclic esters (lactones) is 1. The van der Waals surface area contributed by atoms with Gasteiger partial charge in [0.2, 0.25) is 0 Å². The van der Waals surface area contributed by atoms with Crippen LogP contribution in [0.2, 0.25) is 0 Å². The predicted molar refractivity (Wildman–Crippen MR) is 104 cm³/mol. The van der Waals surface area contributed by atoms with Gasteiger partial charge in [0.25, 0.3) is 5.91 Å². The summed E-state index contributed by atoms with van der Waals surface area (Å²) in [6, 6.07) is 5.49. The van der Waals surface area contributed by atoms with Crippen LogP contribution in [0.15, 0.2) is 30.5 Å². The highest BCUT2D eigenvalue weighted by Gasteiger charge is 2.22. The zero-order valence-electron chi connectivity index (χ0n) is 16.3. The molecule has 0 spiro atoms. The molecule has 1 saturated heterocycles. The zero-order chi connectivity index (χ0) is 21.0. The van der Waals surface area contributed by atoms with Crippen molar-refractivity contribution in [3.05, 3.63) is 53.2 Å². The molecule has 1 fully saturated rings. The Morgan fingerprint density at radius 2 is 2.14 bits per heavy atom. The average molecular weight is 403 g/mol. The molecule has 0 aliphatic carbocycles. The highest BCUT2D eigenvalue weighted by molar-refractivity contribution is 5.96. The van der Waals surface area contributed by atoms with Gasteiger partial charge < -0.3 is 15.4 Å². The van der Waals surface area contributed by atoms with Crippen molar-refractivity contribution in [3.8, 4) is 0 Å². The summed E-state index contributed by atoms with van der Waals surface area (Å²) >= 11 is 0. The lowest BCUT2D eigenvalue weighted by atomic mass is 9.97. The molecule has 1 unspecified atom stereocenters. The smallest absolute Gasteiger partial charge is 0.306 e. The zero-order valence-corrected chi connectivity index (χ0v) is 16.3. The number of amides is 1. The average Bonchev–Trinajstić information content (AvgIpc) is 2.69. The molecule has 154 valence electrons. The van der Waals surface area contributed by atoms with Crippen molar-refractivity contribution in [1.29, 1.82) is 0 Å². The normalized spacial score (nSPS) is 16.4. The Balaban J connectivity index is 1.74. The van der Waals surface area contributed by atoms with E-state index in [1.54, 1.807) is 6.07 Å². The number of nitrogens with one attached hydrogen (secondary N) is 2. The lowest BCUT2D eigenvalue weighted by Gasteiger charge is -2.22. The van der Waals surface area contributed by atoms with Crippen molar-refractivity contribution >= 4 is 23.4 Å². The largest absolute Gasteiger partial charge is 0.466 e. The van der Waals surface area contributed by atoms with Gasteiger partial charge >= 0.3 is 5.97 Å². The highest BCUT2D eigenvalue weighted by atomic mass is 19.2. The Kier molecular flexibility index (Phi) is 6.41. The number of esters is 1. The number of carbonyl (C=O) groups is 2. The van der Waals surface area contributed by atoms with Gasteiger partial charge in [-0.25, -0.2) is 13.8 Å². The molecule has 2 N–H and O–H groups in total. The first-order valence-electron chi connectivity index (χ1n) is 9.50. The predicted octanol–water partition coefficient (Wildman–Crippen LogP) is 3.91. The minimum Gasteiger partial charge on any atom is -0.466 e. The molecule has 1 aromatic heterocycles. The monoisotopic (exact) mass is 403 g/mol. The van der Waals surface area contributed by atoms with E-state index in [1.165, 1.54) is 18.3 Å². The van der Waals surface area contributed by atoms with Crippen LogP contribution in [0.3, 0.4) is 0 Å². The number of nitrogens with zero attached hydrogens (tertiary/aromatic N) is 1. The highest BCUT2D eigenvalue weighted by Crippen LogP contribution is 2.26. The number of hydrogen-bond donors (Lipinski definition) is 2. The summed E-state index contributed by atoms with van der Waals surface area (Å²) in [4.78, 5) is 28.2. The van der Waals surface area contributed by atoms with Crippen LogP contribution in [0.25, 0.3) is 0 Å². The number of rotatable bonds is 6. The third-order valence-corrected chi connectivity index (χ3v) is 4.81. The fourth-order valence-electron chi connectivity index (χ4n) is 3.19.